The summed E-state index contributed by atoms with van der Waals surface area (Å²) >= 11 is 1.85. The van der Waals surface area contributed by atoms with Crippen molar-refractivity contribution in [3.05, 3.63) is 21.9 Å². The van der Waals surface area contributed by atoms with Crippen molar-refractivity contribution >= 4 is 23.0 Å². The molecule has 1 fully saturated rings. The fourth-order valence-electron chi connectivity index (χ4n) is 3.15. The van der Waals surface area contributed by atoms with Crippen molar-refractivity contribution in [1.29, 1.82) is 0 Å². The van der Waals surface area contributed by atoms with Gasteiger partial charge in [-0.25, -0.2) is 0 Å². The first-order valence-corrected chi connectivity index (χ1v) is 9.00. The summed E-state index contributed by atoms with van der Waals surface area (Å²) in [5.74, 6) is -0.00999. The molecule has 1 aromatic rings. The topological polar surface area (TPSA) is 45.1 Å². The molecule has 1 spiro atoms. The molecule has 0 unspecified atom stereocenters. The molecule has 0 aromatic carbocycles. The largest absolute Gasteiger partial charge is 0.387 e. The van der Waals surface area contributed by atoms with Gasteiger partial charge in [0.15, 0.2) is 5.60 Å². The van der Waals surface area contributed by atoms with Crippen LogP contribution in [-0.2, 0) is 16.2 Å². The maximum atomic E-state index is 12.4. The molecule has 2 aliphatic rings. The number of carbonyl (C=O) groups is 1. The Balaban J connectivity index is 1.58. The minimum absolute atomic E-state index is 0.00999. The minimum Gasteiger partial charge on any atom is -0.387 e. The van der Waals surface area contributed by atoms with Gasteiger partial charge in [-0.3, -0.25) is 9.69 Å². The first-order chi connectivity index (χ1) is 10.9. The zero-order chi connectivity index (χ0) is 16.6. The van der Waals surface area contributed by atoms with Crippen LogP contribution in [0.5, 0.6) is 0 Å². The lowest BCUT2D eigenvalue weighted by molar-refractivity contribution is -0.124. The Morgan fingerprint density at radius 1 is 1.52 bits per heavy atom. The molecule has 1 atom stereocenters. The van der Waals surface area contributed by atoms with Gasteiger partial charge in [-0.2, -0.15) is 0 Å². The van der Waals surface area contributed by atoms with Gasteiger partial charge in [0.1, 0.15) is 5.71 Å². The van der Waals surface area contributed by atoms with E-state index in [1.54, 1.807) is 4.90 Å². The van der Waals surface area contributed by atoms with E-state index < -0.39 is 0 Å². The van der Waals surface area contributed by atoms with E-state index in [9.17, 15) is 4.79 Å². The molecular formula is C17H25N3O2S. The Labute approximate surface area is 141 Å². The summed E-state index contributed by atoms with van der Waals surface area (Å²) in [4.78, 5) is 25.0. The predicted molar refractivity (Wildman–Crippen MR) is 92.7 cm³/mol. The number of hydrogen-bond donors (Lipinski definition) is 0. The lowest BCUT2D eigenvalue weighted by Gasteiger charge is -2.23. The van der Waals surface area contributed by atoms with Crippen LogP contribution >= 0.6 is 11.3 Å². The lowest BCUT2D eigenvalue weighted by Crippen LogP contribution is -2.40. The smallest absolute Gasteiger partial charge is 0.271 e. The average molecular weight is 335 g/mol. The molecule has 1 aromatic heterocycles. The summed E-state index contributed by atoms with van der Waals surface area (Å²) in [6.07, 6.45) is 1.56. The van der Waals surface area contributed by atoms with Crippen molar-refractivity contribution in [3.63, 3.8) is 0 Å². The number of oxime groups is 1. The van der Waals surface area contributed by atoms with Crippen molar-refractivity contribution in [2.75, 3.05) is 20.1 Å². The second-order valence-electron chi connectivity index (χ2n) is 6.97. The summed E-state index contributed by atoms with van der Waals surface area (Å²) in [6, 6.07) is 4.53. The molecule has 2 aliphatic heterocycles. The normalized spacial score (nSPS) is 24.3. The Morgan fingerprint density at radius 3 is 2.96 bits per heavy atom. The van der Waals surface area contributed by atoms with Crippen molar-refractivity contribution in [1.82, 2.24) is 9.80 Å². The molecule has 23 heavy (non-hydrogen) atoms. The predicted octanol–water partition coefficient (Wildman–Crippen LogP) is 2.64. The quantitative estimate of drug-likeness (QED) is 0.850. The van der Waals surface area contributed by atoms with Gasteiger partial charge in [-0.05, 0) is 32.9 Å². The third kappa shape index (κ3) is 3.43. The summed E-state index contributed by atoms with van der Waals surface area (Å²) in [5, 5.41) is 4.12. The third-order valence-corrected chi connectivity index (χ3v) is 5.74. The highest BCUT2D eigenvalue weighted by atomic mass is 32.1. The number of likely N-dealkylation sites (tertiary alicyclic amines) is 1. The maximum Gasteiger partial charge on any atom is 0.271 e. The second-order valence-corrected chi connectivity index (χ2v) is 8.34. The highest BCUT2D eigenvalue weighted by molar-refractivity contribution is 7.11. The van der Waals surface area contributed by atoms with Gasteiger partial charge in [0.2, 0.25) is 0 Å². The number of nitrogens with zero attached hydrogens (tertiary/aromatic N) is 3. The van der Waals surface area contributed by atoms with Crippen molar-refractivity contribution in [3.8, 4) is 0 Å². The minimum atomic E-state index is -0.297. The molecule has 5 nitrogen and oxygen atoms in total. The van der Waals surface area contributed by atoms with Crippen LogP contribution < -0.4 is 0 Å². The molecule has 126 valence electrons. The van der Waals surface area contributed by atoms with E-state index in [1.165, 1.54) is 9.75 Å². The molecule has 1 amide bonds. The number of amides is 1. The average Bonchev–Trinajstić information content (AvgIpc) is 3.21. The van der Waals surface area contributed by atoms with Gasteiger partial charge >= 0.3 is 0 Å². The summed E-state index contributed by atoms with van der Waals surface area (Å²) in [5.41, 5.74) is 0.268. The van der Waals surface area contributed by atoms with Gasteiger partial charge in [0.05, 0.1) is 0 Å². The molecule has 1 saturated heterocycles. The van der Waals surface area contributed by atoms with Crippen LogP contribution in [0, 0.1) is 6.92 Å². The van der Waals surface area contributed by atoms with E-state index in [0.29, 0.717) is 12.1 Å². The third-order valence-electron chi connectivity index (χ3n) is 4.75. The van der Waals surface area contributed by atoms with Gasteiger partial charge < -0.3 is 9.74 Å². The molecule has 0 N–H and O–H groups in total. The van der Waals surface area contributed by atoms with Crippen LogP contribution in [0.15, 0.2) is 17.3 Å². The Bertz CT molecular complexity index is 625. The number of hydrogen-bond acceptors (Lipinski definition) is 5. The van der Waals surface area contributed by atoms with E-state index in [4.69, 9.17) is 4.84 Å². The fraction of sp³-hybridized carbons (Fsp3) is 0.647. The van der Waals surface area contributed by atoms with E-state index in [2.05, 4.69) is 29.1 Å². The Kier molecular flexibility index (Phi) is 4.47. The van der Waals surface area contributed by atoms with Crippen LogP contribution in [-0.4, -0.2) is 53.2 Å². The molecule has 3 heterocycles. The summed E-state index contributed by atoms with van der Waals surface area (Å²) in [7, 11) is 1.82. The van der Waals surface area contributed by atoms with E-state index in [-0.39, 0.29) is 17.6 Å². The fourth-order valence-corrected chi connectivity index (χ4v) is 4.08. The summed E-state index contributed by atoms with van der Waals surface area (Å²) < 4.78 is 0. The molecule has 6 heteroatoms. The molecular weight excluding hydrogens is 310 g/mol. The van der Waals surface area contributed by atoms with Crippen LogP contribution in [0.4, 0.5) is 0 Å². The van der Waals surface area contributed by atoms with Gasteiger partial charge in [-0.1, -0.05) is 5.16 Å². The first-order valence-electron chi connectivity index (χ1n) is 8.18. The number of rotatable bonds is 4. The van der Waals surface area contributed by atoms with E-state index in [0.717, 1.165) is 26.1 Å². The second kappa shape index (κ2) is 6.24. The monoisotopic (exact) mass is 335 g/mol. The number of carbonyl (C=O) groups excluding carboxylic acids is 1. The zero-order valence-electron chi connectivity index (χ0n) is 14.3. The number of aryl methyl sites for hydroxylation is 1. The van der Waals surface area contributed by atoms with Crippen molar-refractivity contribution < 1.29 is 9.63 Å². The summed E-state index contributed by atoms with van der Waals surface area (Å²) in [6.45, 7) is 8.94. The SMILES string of the molecule is Cc1ccc(CN2CC[C@]3(CC(C(=O)N(C)C(C)C)=NO3)C2)s1. The maximum absolute atomic E-state index is 12.4. The van der Waals surface area contributed by atoms with Crippen LogP contribution in [0.1, 0.15) is 36.4 Å². The van der Waals surface area contributed by atoms with Crippen LogP contribution in [0.3, 0.4) is 0 Å². The van der Waals surface area contributed by atoms with Crippen molar-refractivity contribution in [2.24, 2.45) is 5.16 Å². The van der Waals surface area contributed by atoms with E-state index >= 15 is 0 Å². The standard InChI is InChI=1S/C17H25N3O2S/c1-12(2)19(4)16(21)15-9-17(22-18-15)7-8-20(11-17)10-14-6-5-13(3)23-14/h5-6,12H,7-11H2,1-4H3/t17-/m0/s1. The molecule has 3 rings (SSSR count). The van der Waals surface area contributed by atoms with Gasteiger partial charge in [0.25, 0.3) is 5.91 Å². The van der Waals surface area contributed by atoms with Crippen molar-refractivity contribution in [2.45, 2.75) is 51.8 Å². The first kappa shape index (κ1) is 16.5. The van der Waals surface area contributed by atoms with Crippen LogP contribution in [0.25, 0.3) is 0 Å². The molecule has 0 bridgehead atoms. The Hall–Kier alpha value is -1.40. The number of thiophene rings is 1. The lowest BCUT2D eigenvalue weighted by atomic mass is 9.96. The zero-order valence-corrected chi connectivity index (χ0v) is 15.2. The van der Waals surface area contributed by atoms with Gasteiger partial charge in [-0.15, -0.1) is 11.3 Å². The molecule has 0 saturated carbocycles. The van der Waals surface area contributed by atoms with E-state index in [1.807, 2.05) is 32.2 Å². The molecule has 0 radical (unpaired) electrons. The van der Waals surface area contributed by atoms with Gasteiger partial charge in [0, 0.05) is 55.3 Å². The van der Waals surface area contributed by atoms with Crippen LogP contribution in [0.2, 0.25) is 0 Å². The highest BCUT2D eigenvalue weighted by Gasteiger charge is 2.47. The molecule has 0 aliphatic carbocycles. The highest BCUT2D eigenvalue weighted by Crippen LogP contribution is 2.35. The Morgan fingerprint density at radius 2 is 2.30 bits per heavy atom.